The van der Waals surface area contributed by atoms with Crippen molar-refractivity contribution < 1.29 is 9.59 Å². The van der Waals surface area contributed by atoms with E-state index in [2.05, 4.69) is 45.4 Å². The van der Waals surface area contributed by atoms with Crippen molar-refractivity contribution in [3.8, 4) is 0 Å². The van der Waals surface area contributed by atoms with Crippen LogP contribution in [0.5, 0.6) is 0 Å². The van der Waals surface area contributed by atoms with E-state index in [9.17, 15) is 9.59 Å². The second kappa shape index (κ2) is 9.22. The van der Waals surface area contributed by atoms with Crippen LogP contribution in [0.3, 0.4) is 0 Å². The maximum absolute atomic E-state index is 12.3. The second-order valence-electron chi connectivity index (χ2n) is 7.85. The van der Waals surface area contributed by atoms with Gasteiger partial charge in [0.05, 0.1) is 5.92 Å². The van der Waals surface area contributed by atoms with Gasteiger partial charge in [-0.25, -0.2) is 0 Å². The van der Waals surface area contributed by atoms with Crippen molar-refractivity contribution in [3.63, 3.8) is 0 Å². The topological polar surface area (TPSA) is 55.9 Å². The molecular weight excluding hydrogens is 340 g/mol. The Hall–Kier alpha value is -2.08. The van der Waals surface area contributed by atoms with Gasteiger partial charge in [0.25, 0.3) is 0 Å². The molecule has 1 aromatic rings. The number of hydrogen-bond acceptors (Lipinski definition) is 4. The molecule has 0 aromatic heterocycles. The molecule has 3 rings (SSSR count). The molecule has 6 nitrogen and oxygen atoms in total. The fourth-order valence-corrected chi connectivity index (χ4v) is 3.93. The van der Waals surface area contributed by atoms with Crippen LogP contribution < -0.4 is 10.2 Å². The van der Waals surface area contributed by atoms with Gasteiger partial charge >= 0.3 is 0 Å². The first-order valence-electron chi connectivity index (χ1n) is 10.1. The lowest BCUT2D eigenvalue weighted by molar-refractivity contribution is -0.129. The van der Waals surface area contributed by atoms with Crippen molar-refractivity contribution in [2.24, 2.45) is 5.92 Å². The highest BCUT2D eigenvalue weighted by atomic mass is 16.2. The van der Waals surface area contributed by atoms with E-state index in [1.54, 1.807) is 4.90 Å². The van der Waals surface area contributed by atoms with E-state index in [1.165, 1.54) is 5.69 Å². The molecule has 6 heteroatoms. The van der Waals surface area contributed by atoms with Crippen molar-refractivity contribution in [3.05, 3.63) is 30.3 Å². The Labute approximate surface area is 162 Å². The summed E-state index contributed by atoms with van der Waals surface area (Å²) in [6.45, 7) is 10.5. The predicted molar refractivity (Wildman–Crippen MR) is 108 cm³/mol. The van der Waals surface area contributed by atoms with Gasteiger partial charge in [-0.15, -0.1) is 0 Å². The van der Waals surface area contributed by atoms with Crippen molar-refractivity contribution in [2.75, 3.05) is 50.7 Å². The molecule has 27 heavy (non-hydrogen) atoms. The van der Waals surface area contributed by atoms with E-state index < -0.39 is 0 Å². The van der Waals surface area contributed by atoms with Crippen molar-refractivity contribution in [1.29, 1.82) is 0 Å². The maximum Gasteiger partial charge on any atom is 0.225 e. The lowest BCUT2D eigenvalue weighted by Crippen LogP contribution is -2.47. The van der Waals surface area contributed by atoms with Gasteiger partial charge in [0.15, 0.2) is 0 Å². The molecule has 1 atom stereocenters. The lowest BCUT2D eigenvalue weighted by Gasteiger charge is -2.36. The number of carbonyl (C=O) groups is 2. The maximum atomic E-state index is 12.3. The molecule has 0 bridgehead atoms. The summed E-state index contributed by atoms with van der Waals surface area (Å²) < 4.78 is 0. The molecule has 0 radical (unpaired) electrons. The Bertz CT molecular complexity index is 626. The van der Waals surface area contributed by atoms with Crippen LogP contribution in [0.2, 0.25) is 0 Å². The van der Waals surface area contributed by atoms with Gasteiger partial charge < -0.3 is 15.1 Å². The molecule has 2 amide bonds. The Kier molecular flexibility index (Phi) is 6.72. The van der Waals surface area contributed by atoms with Gasteiger partial charge in [0, 0.05) is 57.4 Å². The van der Waals surface area contributed by atoms with E-state index in [-0.39, 0.29) is 23.8 Å². The van der Waals surface area contributed by atoms with Gasteiger partial charge in [0.1, 0.15) is 0 Å². The number of benzene rings is 1. The molecule has 1 N–H and O–H groups in total. The zero-order valence-corrected chi connectivity index (χ0v) is 16.6. The number of anilines is 1. The highest BCUT2D eigenvalue weighted by Crippen LogP contribution is 2.20. The molecule has 2 aliphatic rings. The summed E-state index contributed by atoms with van der Waals surface area (Å²) in [4.78, 5) is 30.9. The third-order valence-corrected chi connectivity index (χ3v) is 5.60. The highest BCUT2D eigenvalue weighted by molar-refractivity contribution is 5.89. The number of carbonyl (C=O) groups excluding carboxylic acids is 2. The summed E-state index contributed by atoms with van der Waals surface area (Å²) in [6.07, 6.45) is 1.30. The Morgan fingerprint density at radius 3 is 2.48 bits per heavy atom. The average Bonchev–Trinajstić information content (AvgIpc) is 3.08. The minimum atomic E-state index is -0.186. The molecular formula is C21H32N4O2. The minimum absolute atomic E-state index is 0.0281. The van der Waals surface area contributed by atoms with Crippen LogP contribution in [0.15, 0.2) is 30.3 Å². The minimum Gasteiger partial charge on any atom is -0.369 e. The number of rotatable bonds is 7. The number of nitrogens with zero attached hydrogens (tertiary/aromatic N) is 3. The SMILES string of the molecule is CC(C)N1C[C@@H](C(=O)NCCCN2CCN(c3ccccc3)CC2)CC1=O. The monoisotopic (exact) mass is 372 g/mol. The summed E-state index contributed by atoms with van der Waals surface area (Å²) in [5.74, 6) is -0.0591. The zero-order valence-electron chi connectivity index (χ0n) is 16.6. The second-order valence-corrected chi connectivity index (χ2v) is 7.85. The molecule has 2 heterocycles. The fraction of sp³-hybridized carbons (Fsp3) is 0.619. The third-order valence-electron chi connectivity index (χ3n) is 5.60. The molecule has 2 saturated heterocycles. The largest absolute Gasteiger partial charge is 0.369 e. The molecule has 2 fully saturated rings. The first kappa shape index (κ1) is 19.7. The highest BCUT2D eigenvalue weighted by Gasteiger charge is 2.35. The van der Waals surface area contributed by atoms with E-state index >= 15 is 0 Å². The summed E-state index contributed by atoms with van der Waals surface area (Å²) in [5, 5.41) is 3.02. The zero-order chi connectivity index (χ0) is 19.2. The lowest BCUT2D eigenvalue weighted by atomic mass is 10.1. The van der Waals surface area contributed by atoms with Crippen LogP contribution in [0.1, 0.15) is 26.7 Å². The molecule has 0 saturated carbocycles. The van der Waals surface area contributed by atoms with Gasteiger partial charge in [-0.3, -0.25) is 14.5 Å². The Morgan fingerprint density at radius 1 is 1.15 bits per heavy atom. The van der Waals surface area contributed by atoms with Crippen LogP contribution in [0.4, 0.5) is 5.69 Å². The van der Waals surface area contributed by atoms with Gasteiger partial charge in [-0.2, -0.15) is 0 Å². The van der Waals surface area contributed by atoms with Crippen molar-refractivity contribution in [2.45, 2.75) is 32.7 Å². The van der Waals surface area contributed by atoms with Crippen LogP contribution in [0.25, 0.3) is 0 Å². The standard InChI is InChI=1S/C21H32N4O2/c1-17(2)25-16-18(15-20(25)26)21(27)22-9-6-10-23-11-13-24(14-12-23)19-7-4-3-5-8-19/h3-5,7-8,17-18H,6,9-16H2,1-2H3,(H,22,27)/t18-/m0/s1. The fourth-order valence-electron chi connectivity index (χ4n) is 3.93. The molecule has 0 unspecified atom stereocenters. The van der Waals surface area contributed by atoms with Crippen LogP contribution in [-0.2, 0) is 9.59 Å². The number of piperazine rings is 1. The summed E-state index contributed by atoms with van der Waals surface area (Å²) in [6, 6.07) is 10.7. The first-order chi connectivity index (χ1) is 13.0. The van der Waals surface area contributed by atoms with Crippen LogP contribution >= 0.6 is 0 Å². The number of hydrogen-bond donors (Lipinski definition) is 1. The number of nitrogens with one attached hydrogen (secondary N) is 1. The summed E-state index contributed by atoms with van der Waals surface area (Å²) >= 11 is 0. The average molecular weight is 373 g/mol. The molecule has 148 valence electrons. The van der Waals surface area contributed by atoms with E-state index in [0.717, 1.165) is 39.1 Å². The van der Waals surface area contributed by atoms with Gasteiger partial charge in [-0.05, 0) is 38.9 Å². The summed E-state index contributed by atoms with van der Waals surface area (Å²) in [7, 11) is 0. The van der Waals surface area contributed by atoms with E-state index in [1.807, 2.05) is 13.8 Å². The Morgan fingerprint density at radius 2 is 1.85 bits per heavy atom. The number of para-hydroxylation sites is 1. The normalized spacial score (nSPS) is 21.1. The molecule has 1 aromatic carbocycles. The number of amides is 2. The van der Waals surface area contributed by atoms with Gasteiger partial charge in [0.2, 0.25) is 11.8 Å². The van der Waals surface area contributed by atoms with Gasteiger partial charge in [-0.1, -0.05) is 18.2 Å². The number of likely N-dealkylation sites (tertiary alicyclic amines) is 1. The van der Waals surface area contributed by atoms with E-state index in [4.69, 9.17) is 0 Å². The summed E-state index contributed by atoms with van der Waals surface area (Å²) in [5.41, 5.74) is 1.30. The van der Waals surface area contributed by atoms with Crippen LogP contribution in [0, 0.1) is 5.92 Å². The smallest absolute Gasteiger partial charge is 0.225 e. The molecule has 0 spiro atoms. The first-order valence-corrected chi connectivity index (χ1v) is 10.1. The Balaban J connectivity index is 1.31. The quantitative estimate of drug-likeness (QED) is 0.739. The van der Waals surface area contributed by atoms with Crippen molar-refractivity contribution in [1.82, 2.24) is 15.1 Å². The molecule has 2 aliphatic heterocycles. The van der Waals surface area contributed by atoms with Crippen molar-refractivity contribution >= 4 is 17.5 Å². The predicted octanol–water partition coefficient (Wildman–Crippen LogP) is 1.57. The molecule has 0 aliphatic carbocycles. The van der Waals surface area contributed by atoms with E-state index in [0.29, 0.717) is 19.5 Å². The van der Waals surface area contributed by atoms with Crippen LogP contribution in [-0.4, -0.2) is 73.5 Å². The third kappa shape index (κ3) is 5.22.